The molecule has 4 N–H and O–H groups in total. The summed E-state index contributed by atoms with van der Waals surface area (Å²) in [6.45, 7) is 0.428. The van der Waals surface area contributed by atoms with Gasteiger partial charge >= 0.3 is 0 Å². The molecule has 0 saturated heterocycles. The molecule has 1 aliphatic carbocycles. The molecular weight excluding hydrogens is 278 g/mol. The molecule has 1 saturated carbocycles. The fraction of sp³-hybridized carbons (Fsp3) is 0.538. The zero-order valence-electron chi connectivity index (χ0n) is 11.8. The standard InChI is InChI=1S/C13H21N3O3S/c1-16(2)20(18,19)10-4-5-12(11(14)8-10)15-9-13(17)6-3-7-13/h4-5,8,15,17H,3,6-7,9,14H2,1-2H3. The van der Waals surface area contributed by atoms with Crippen LogP contribution in [0.3, 0.4) is 0 Å². The van der Waals surface area contributed by atoms with Gasteiger partial charge in [0, 0.05) is 20.6 Å². The highest BCUT2D eigenvalue weighted by molar-refractivity contribution is 7.89. The molecule has 1 fully saturated rings. The summed E-state index contributed by atoms with van der Waals surface area (Å²) in [6.07, 6.45) is 2.60. The van der Waals surface area contributed by atoms with Crippen molar-refractivity contribution in [3.8, 4) is 0 Å². The molecule has 0 atom stereocenters. The molecule has 0 bridgehead atoms. The molecule has 7 heteroatoms. The second kappa shape index (κ2) is 5.23. The zero-order chi connectivity index (χ0) is 15.0. The highest BCUT2D eigenvalue weighted by Gasteiger charge is 2.34. The van der Waals surface area contributed by atoms with Gasteiger partial charge in [0.25, 0.3) is 0 Å². The Balaban J connectivity index is 2.14. The van der Waals surface area contributed by atoms with Crippen LogP contribution in [-0.2, 0) is 10.0 Å². The fourth-order valence-electron chi connectivity index (χ4n) is 2.09. The van der Waals surface area contributed by atoms with E-state index in [2.05, 4.69) is 5.32 Å². The quantitative estimate of drug-likeness (QED) is 0.700. The van der Waals surface area contributed by atoms with E-state index in [1.807, 2.05) is 0 Å². The lowest BCUT2D eigenvalue weighted by Crippen LogP contribution is -2.43. The summed E-state index contributed by atoms with van der Waals surface area (Å²) in [5, 5.41) is 13.1. The molecule has 0 unspecified atom stereocenters. The number of rotatable bonds is 5. The molecule has 0 heterocycles. The van der Waals surface area contributed by atoms with Gasteiger partial charge < -0.3 is 16.2 Å². The number of hydrogen-bond acceptors (Lipinski definition) is 5. The van der Waals surface area contributed by atoms with Gasteiger partial charge in [-0.1, -0.05) is 0 Å². The summed E-state index contributed by atoms with van der Waals surface area (Å²) in [5.41, 5.74) is 6.23. The molecule has 0 aromatic heterocycles. The highest BCUT2D eigenvalue weighted by atomic mass is 32.2. The maximum absolute atomic E-state index is 12.0. The number of nitrogens with zero attached hydrogens (tertiary/aromatic N) is 1. The second-order valence-corrected chi connectivity index (χ2v) is 7.62. The van der Waals surface area contributed by atoms with Crippen LogP contribution in [0, 0.1) is 0 Å². The first-order chi connectivity index (χ1) is 9.24. The lowest BCUT2D eigenvalue weighted by molar-refractivity contribution is -0.0201. The van der Waals surface area contributed by atoms with E-state index in [0.29, 0.717) is 17.9 Å². The van der Waals surface area contributed by atoms with E-state index in [9.17, 15) is 13.5 Å². The van der Waals surface area contributed by atoms with Crippen LogP contribution in [0.5, 0.6) is 0 Å². The van der Waals surface area contributed by atoms with Crippen molar-refractivity contribution in [2.45, 2.75) is 29.8 Å². The van der Waals surface area contributed by atoms with E-state index in [1.165, 1.54) is 26.2 Å². The normalized spacial score (nSPS) is 17.8. The van der Waals surface area contributed by atoms with Crippen molar-refractivity contribution in [3.05, 3.63) is 18.2 Å². The molecule has 0 radical (unpaired) electrons. The summed E-state index contributed by atoms with van der Waals surface area (Å²) >= 11 is 0. The largest absolute Gasteiger partial charge is 0.397 e. The molecule has 112 valence electrons. The number of nitrogen functional groups attached to an aromatic ring is 1. The van der Waals surface area contributed by atoms with Crippen LogP contribution in [0.25, 0.3) is 0 Å². The third-order valence-electron chi connectivity index (χ3n) is 3.69. The van der Waals surface area contributed by atoms with Gasteiger partial charge in [0.1, 0.15) is 0 Å². The van der Waals surface area contributed by atoms with Crippen LogP contribution in [0.1, 0.15) is 19.3 Å². The van der Waals surface area contributed by atoms with Gasteiger partial charge in [-0.2, -0.15) is 0 Å². The molecule has 1 aromatic carbocycles. The first-order valence-corrected chi connectivity index (χ1v) is 7.97. The molecule has 1 aromatic rings. The second-order valence-electron chi connectivity index (χ2n) is 5.47. The topological polar surface area (TPSA) is 95.7 Å². The number of aliphatic hydroxyl groups is 1. The third kappa shape index (κ3) is 2.89. The monoisotopic (exact) mass is 299 g/mol. The predicted octanol–water partition coefficient (Wildman–Crippen LogP) is 0.846. The van der Waals surface area contributed by atoms with Crippen LogP contribution in [0.2, 0.25) is 0 Å². The smallest absolute Gasteiger partial charge is 0.242 e. The Labute approximate surface area is 119 Å². The first kappa shape index (κ1) is 15.1. The molecule has 0 spiro atoms. The van der Waals surface area contributed by atoms with Crippen LogP contribution >= 0.6 is 0 Å². The van der Waals surface area contributed by atoms with E-state index in [-0.39, 0.29) is 4.90 Å². The number of hydrogen-bond donors (Lipinski definition) is 3. The lowest BCUT2D eigenvalue weighted by atomic mass is 9.80. The van der Waals surface area contributed by atoms with E-state index >= 15 is 0 Å². The number of sulfonamides is 1. The first-order valence-electron chi connectivity index (χ1n) is 6.53. The molecule has 2 rings (SSSR count). The van der Waals surface area contributed by atoms with Crippen molar-refractivity contribution >= 4 is 21.4 Å². The maximum Gasteiger partial charge on any atom is 0.242 e. The van der Waals surface area contributed by atoms with E-state index in [1.54, 1.807) is 6.07 Å². The van der Waals surface area contributed by atoms with Gasteiger partial charge in [0.05, 0.1) is 21.9 Å². The number of nitrogens with two attached hydrogens (primary N) is 1. The molecule has 20 heavy (non-hydrogen) atoms. The number of nitrogens with one attached hydrogen (secondary N) is 1. The fourth-order valence-corrected chi connectivity index (χ4v) is 3.03. The van der Waals surface area contributed by atoms with Crippen LogP contribution in [0.4, 0.5) is 11.4 Å². The number of anilines is 2. The van der Waals surface area contributed by atoms with Crippen molar-refractivity contribution in [2.24, 2.45) is 0 Å². The molecule has 1 aliphatic rings. The van der Waals surface area contributed by atoms with Gasteiger partial charge in [0.15, 0.2) is 0 Å². The van der Waals surface area contributed by atoms with Crippen molar-refractivity contribution in [2.75, 3.05) is 31.7 Å². The van der Waals surface area contributed by atoms with Crippen molar-refractivity contribution in [1.82, 2.24) is 4.31 Å². The molecule has 0 amide bonds. The molecule has 0 aliphatic heterocycles. The van der Waals surface area contributed by atoms with Gasteiger partial charge in [-0.25, -0.2) is 12.7 Å². The predicted molar refractivity (Wildman–Crippen MR) is 79.0 cm³/mol. The average molecular weight is 299 g/mol. The maximum atomic E-state index is 12.0. The Morgan fingerprint density at radius 2 is 2.05 bits per heavy atom. The lowest BCUT2D eigenvalue weighted by Gasteiger charge is -2.37. The zero-order valence-corrected chi connectivity index (χ0v) is 12.6. The Hall–Kier alpha value is -1.31. The minimum Gasteiger partial charge on any atom is -0.397 e. The van der Waals surface area contributed by atoms with Crippen LogP contribution in [0.15, 0.2) is 23.1 Å². The summed E-state index contributed by atoms with van der Waals surface area (Å²) < 4.78 is 25.1. The van der Waals surface area contributed by atoms with Crippen LogP contribution < -0.4 is 11.1 Å². The summed E-state index contributed by atoms with van der Waals surface area (Å²) in [5.74, 6) is 0. The highest BCUT2D eigenvalue weighted by Crippen LogP contribution is 2.32. The Kier molecular flexibility index (Phi) is 3.95. The van der Waals surface area contributed by atoms with Crippen molar-refractivity contribution < 1.29 is 13.5 Å². The minimum absolute atomic E-state index is 0.160. The molecular formula is C13H21N3O3S. The summed E-state index contributed by atoms with van der Waals surface area (Å²) in [4.78, 5) is 0.160. The Bertz CT molecular complexity index is 595. The Morgan fingerprint density at radius 1 is 1.40 bits per heavy atom. The number of benzene rings is 1. The van der Waals surface area contributed by atoms with Gasteiger partial charge in [-0.3, -0.25) is 0 Å². The van der Waals surface area contributed by atoms with Gasteiger partial charge in [-0.05, 0) is 37.5 Å². The summed E-state index contributed by atoms with van der Waals surface area (Å²) in [7, 11) is -0.525. The van der Waals surface area contributed by atoms with E-state index in [4.69, 9.17) is 5.73 Å². The van der Waals surface area contributed by atoms with Crippen molar-refractivity contribution in [1.29, 1.82) is 0 Å². The van der Waals surface area contributed by atoms with Gasteiger partial charge in [0.2, 0.25) is 10.0 Å². The summed E-state index contributed by atoms with van der Waals surface area (Å²) in [6, 6.07) is 4.58. The third-order valence-corrected chi connectivity index (χ3v) is 5.50. The van der Waals surface area contributed by atoms with E-state index < -0.39 is 15.6 Å². The van der Waals surface area contributed by atoms with Crippen molar-refractivity contribution in [3.63, 3.8) is 0 Å². The average Bonchev–Trinajstić information content (AvgIpc) is 2.34. The van der Waals surface area contributed by atoms with Crippen LogP contribution in [-0.4, -0.2) is 44.1 Å². The molecule has 6 nitrogen and oxygen atoms in total. The minimum atomic E-state index is -3.48. The van der Waals surface area contributed by atoms with Gasteiger partial charge in [-0.15, -0.1) is 0 Å². The SMILES string of the molecule is CN(C)S(=O)(=O)c1ccc(NCC2(O)CCC2)c(N)c1. The Morgan fingerprint density at radius 3 is 2.50 bits per heavy atom. The van der Waals surface area contributed by atoms with E-state index in [0.717, 1.165) is 23.6 Å².